The maximum Gasteiger partial charge on any atom is 0.243 e. The zero-order valence-electron chi connectivity index (χ0n) is 14.5. The van der Waals surface area contributed by atoms with E-state index in [2.05, 4.69) is 15.6 Å². The number of anilines is 1. The van der Waals surface area contributed by atoms with Gasteiger partial charge in [-0.3, -0.25) is 9.59 Å². The Balaban J connectivity index is 1.76. The van der Waals surface area contributed by atoms with E-state index in [-0.39, 0.29) is 18.4 Å². The number of nitrogens with zero attached hydrogens (tertiary/aromatic N) is 1. The molecule has 2 rings (SSSR count). The number of hydrogen-bond donors (Lipinski definition) is 2. The van der Waals surface area contributed by atoms with Crippen LogP contribution in [0.3, 0.4) is 0 Å². The number of benzene rings is 1. The normalized spacial score (nSPS) is 10.2. The second-order valence-corrected chi connectivity index (χ2v) is 5.60. The Morgan fingerprint density at radius 3 is 2.60 bits per heavy atom. The van der Waals surface area contributed by atoms with Crippen LogP contribution in [0.5, 0.6) is 5.88 Å². The summed E-state index contributed by atoms with van der Waals surface area (Å²) in [5.41, 5.74) is 2.77. The molecule has 132 valence electrons. The Kier molecular flexibility index (Phi) is 6.95. The number of aromatic nitrogens is 1. The van der Waals surface area contributed by atoms with Crippen LogP contribution in [0.1, 0.15) is 24.5 Å². The van der Waals surface area contributed by atoms with Crippen molar-refractivity contribution < 1.29 is 14.3 Å². The highest BCUT2D eigenvalue weighted by Gasteiger charge is 2.10. The number of aryl methyl sites for hydroxylation is 2. The Hall–Kier alpha value is -2.89. The number of carbonyl (C=O) groups is 2. The molecule has 0 atom stereocenters. The lowest BCUT2D eigenvalue weighted by Gasteiger charge is -2.10. The number of nitrogens with one attached hydrogen (secondary N) is 2. The summed E-state index contributed by atoms with van der Waals surface area (Å²) in [6.07, 6.45) is 2.58. The van der Waals surface area contributed by atoms with Crippen molar-refractivity contribution in [3.63, 3.8) is 0 Å². The molecule has 6 nitrogen and oxygen atoms in total. The summed E-state index contributed by atoms with van der Waals surface area (Å²) >= 11 is 0. The van der Waals surface area contributed by atoms with Gasteiger partial charge in [-0.1, -0.05) is 29.8 Å². The van der Waals surface area contributed by atoms with Crippen molar-refractivity contribution in [1.29, 1.82) is 0 Å². The van der Waals surface area contributed by atoms with Crippen LogP contribution in [-0.2, 0) is 16.0 Å². The van der Waals surface area contributed by atoms with Gasteiger partial charge in [0.2, 0.25) is 17.7 Å². The number of pyridine rings is 1. The Morgan fingerprint density at radius 2 is 1.88 bits per heavy atom. The SMILES string of the molecule is CCOc1ncccc1NC(=O)CNC(=O)CCc1ccc(C)cc1. The number of ether oxygens (including phenoxy) is 1. The van der Waals surface area contributed by atoms with Crippen LogP contribution in [0, 0.1) is 6.92 Å². The zero-order chi connectivity index (χ0) is 18.1. The minimum atomic E-state index is -0.322. The van der Waals surface area contributed by atoms with Crippen LogP contribution in [0.4, 0.5) is 5.69 Å². The number of carbonyl (C=O) groups excluding carboxylic acids is 2. The molecule has 0 saturated carbocycles. The van der Waals surface area contributed by atoms with Crippen molar-refractivity contribution in [2.45, 2.75) is 26.7 Å². The molecule has 2 amide bonds. The Bertz CT molecular complexity index is 714. The number of rotatable bonds is 8. The summed E-state index contributed by atoms with van der Waals surface area (Å²) in [7, 11) is 0. The van der Waals surface area contributed by atoms with E-state index in [0.717, 1.165) is 5.56 Å². The average molecular weight is 341 g/mol. The van der Waals surface area contributed by atoms with Crippen LogP contribution in [-0.4, -0.2) is 29.9 Å². The minimum absolute atomic E-state index is 0.0901. The van der Waals surface area contributed by atoms with Gasteiger partial charge in [0.05, 0.1) is 13.2 Å². The van der Waals surface area contributed by atoms with Crippen molar-refractivity contribution in [1.82, 2.24) is 10.3 Å². The van der Waals surface area contributed by atoms with E-state index in [1.165, 1.54) is 5.56 Å². The molecule has 1 heterocycles. The van der Waals surface area contributed by atoms with Crippen molar-refractivity contribution in [2.75, 3.05) is 18.5 Å². The van der Waals surface area contributed by atoms with E-state index in [4.69, 9.17) is 4.74 Å². The summed E-state index contributed by atoms with van der Waals surface area (Å²) in [5.74, 6) is -0.117. The quantitative estimate of drug-likeness (QED) is 0.773. The average Bonchev–Trinajstić information content (AvgIpc) is 2.61. The maximum absolute atomic E-state index is 12.0. The lowest BCUT2D eigenvalue weighted by atomic mass is 10.1. The molecule has 6 heteroatoms. The molecule has 1 aromatic heterocycles. The first-order valence-corrected chi connectivity index (χ1v) is 8.28. The third-order valence-electron chi connectivity index (χ3n) is 3.53. The first kappa shape index (κ1) is 18.4. The van der Waals surface area contributed by atoms with Crippen molar-refractivity contribution >= 4 is 17.5 Å². The smallest absolute Gasteiger partial charge is 0.243 e. The molecule has 0 saturated heterocycles. The van der Waals surface area contributed by atoms with Crippen LogP contribution < -0.4 is 15.4 Å². The van der Waals surface area contributed by atoms with Gasteiger partial charge in [0.15, 0.2) is 0 Å². The van der Waals surface area contributed by atoms with E-state index in [1.807, 2.05) is 38.1 Å². The highest BCUT2D eigenvalue weighted by Crippen LogP contribution is 2.20. The van der Waals surface area contributed by atoms with E-state index in [1.54, 1.807) is 18.3 Å². The maximum atomic E-state index is 12.0. The van der Waals surface area contributed by atoms with Gasteiger partial charge in [-0.05, 0) is 38.0 Å². The summed E-state index contributed by atoms with van der Waals surface area (Å²) in [4.78, 5) is 27.9. The highest BCUT2D eigenvalue weighted by atomic mass is 16.5. The zero-order valence-corrected chi connectivity index (χ0v) is 14.5. The molecule has 1 aromatic carbocycles. The standard InChI is InChI=1S/C19H23N3O3/c1-3-25-19-16(5-4-12-20-19)22-18(24)13-21-17(23)11-10-15-8-6-14(2)7-9-15/h4-9,12H,3,10-11,13H2,1-2H3,(H,21,23)(H,22,24). The van der Waals surface area contributed by atoms with E-state index in [9.17, 15) is 9.59 Å². The molecule has 0 bridgehead atoms. The summed E-state index contributed by atoms with van der Waals surface area (Å²) < 4.78 is 5.35. The highest BCUT2D eigenvalue weighted by molar-refractivity contribution is 5.95. The summed E-state index contributed by atoms with van der Waals surface area (Å²) in [6.45, 7) is 4.23. The Morgan fingerprint density at radius 1 is 1.12 bits per heavy atom. The molecule has 0 unspecified atom stereocenters. The molecule has 0 aliphatic heterocycles. The van der Waals surface area contributed by atoms with Crippen LogP contribution in [0.2, 0.25) is 0 Å². The van der Waals surface area contributed by atoms with Gasteiger partial charge in [0, 0.05) is 12.6 Å². The van der Waals surface area contributed by atoms with Gasteiger partial charge < -0.3 is 15.4 Å². The molecule has 0 aliphatic rings. The fraction of sp³-hybridized carbons (Fsp3) is 0.316. The molecule has 0 aliphatic carbocycles. The lowest BCUT2D eigenvalue weighted by molar-refractivity contribution is -0.124. The molecule has 25 heavy (non-hydrogen) atoms. The molecule has 0 fully saturated rings. The number of hydrogen-bond acceptors (Lipinski definition) is 4. The van der Waals surface area contributed by atoms with Gasteiger partial charge in [0.25, 0.3) is 0 Å². The van der Waals surface area contributed by atoms with Crippen LogP contribution in [0.25, 0.3) is 0 Å². The summed E-state index contributed by atoms with van der Waals surface area (Å²) in [6, 6.07) is 11.5. The second kappa shape index (κ2) is 9.42. The minimum Gasteiger partial charge on any atom is -0.476 e. The third-order valence-corrected chi connectivity index (χ3v) is 3.53. The monoisotopic (exact) mass is 341 g/mol. The predicted molar refractivity (Wildman–Crippen MR) is 96.5 cm³/mol. The fourth-order valence-corrected chi connectivity index (χ4v) is 2.21. The van der Waals surface area contributed by atoms with Gasteiger partial charge in [0.1, 0.15) is 5.69 Å². The van der Waals surface area contributed by atoms with Gasteiger partial charge in [-0.15, -0.1) is 0 Å². The third kappa shape index (κ3) is 6.25. The van der Waals surface area contributed by atoms with Gasteiger partial charge >= 0.3 is 0 Å². The van der Waals surface area contributed by atoms with E-state index >= 15 is 0 Å². The van der Waals surface area contributed by atoms with E-state index < -0.39 is 0 Å². The molecule has 0 radical (unpaired) electrons. The topological polar surface area (TPSA) is 80.3 Å². The Labute approximate surface area is 147 Å². The molecule has 2 N–H and O–H groups in total. The molecule has 2 aromatic rings. The van der Waals surface area contributed by atoms with Crippen molar-refractivity contribution in [3.8, 4) is 5.88 Å². The first-order valence-electron chi connectivity index (χ1n) is 8.28. The first-order chi connectivity index (χ1) is 12.1. The largest absolute Gasteiger partial charge is 0.476 e. The fourth-order valence-electron chi connectivity index (χ4n) is 2.21. The van der Waals surface area contributed by atoms with Crippen molar-refractivity contribution in [3.05, 3.63) is 53.7 Å². The lowest BCUT2D eigenvalue weighted by Crippen LogP contribution is -2.33. The molecular formula is C19H23N3O3. The van der Waals surface area contributed by atoms with Gasteiger partial charge in [-0.25, -0.2) is 4.98 Å². The van der Waals surface area contributed by atoms with E-state index in [0.29, 0.717) is 31.0 Å². The number of amides is 2. The molecular weight excluding hydrogens is 318 g/mol. The molecule has 0 spiro atoms. The predicted octanol–water partition coefficient (Wildman–Crippen LogP) is 2.48. The van der Waals surface area contributed by atoms with Crippen LogP contribution >= 0.6 is 0 Å². The van der Waals surface area contributed by atoms with Crippen molar-refractivity contribution in [2.24, 2.45) is 0 Å². The van der Waals surface area contributed by atoms with Crippen LogP contribution in [0.15, 0.2) is 42.6 Å². The summed E-state index contributed by atoms with van der Waals surface area (Å²) in [5, 5.41) is 5.31. The van der Waals surface area contributed by atoms with Gasteiger partial charge in [-0.2, -0.15) is 0 Å². The second-order valence-electron chi connectivity index (χ2n) is 5.60.